The van der Waals surface area contributed by atoms with Gasteiger partial charge in [0.05, 0.1) is 5.69 Å². The largest absolute Gasteiger partial charge is 0.324 e. The second-order valence-electron chi connectivity index (χ2n) is 3.99. The highest BCUT2D eigenvalue weighted by Gasteiger charge is 2.30. The molecular weight excluding hydrogens is 226 g/mol. The van der Waals surface area contributed by atoms with Gasteiger partial charge in [-0.25, -0.2) is 13.6 Å². The minimum absolute atomic E-state index is 0.560. The molecule has 1 aromatic rings. The number of nitrogen functional groups attached to an aromatic ring is 1. The van der Waals surface area contributed by atoms with Gasteiger partial charge in [0.25, 0.3) is 0 Å². The van der Waals surface area contributed by atoms with Gasteiger partial charge >= 0.3 is 0 Å². The second-order valence-corrected chi connectivity index (χ2v) is 5.74. The van der Waals surface area contributed by atoms with Crippen molar-refractivity contribution in [2.75, 3.05) is 5.43 Å². The van der Waals surface area contributed by atoms with E-state index in [0.717, 1.165) is 24.0 Å². The quantitative estimate of drug-likeness (QED) is 0.522. The van der Waals surface area contributed by atoms with Crippen molar-refractivity contribution in [2.45, 2.75) is 24.5 Å². The van der Waals surface area contributed by atoms with Crippen LogP contribution in [0.2, 0.25) is 0 Å². The molecule has 16 heavy (non-hydrogen) atoms. The molecule has 0 spiro atoms. The van der Waals surface area contributed by atoms with Gasteiger partial charge in [-0.2, -0.15) is 0 Å². The number of benzene rings is 1. The van der Waals surface area contributed by atoms with Gasteiger partial charge in [0.2, 0.25) is 10.0 Å². The van der Waals surface area contributed by atoms with Crippen molar-refractivity contribution in [3.63, 3.8) is 0 Å². The van der Waals surface area contributed by atoms with Crippen LogP contribution in [0, 0.1) is 0 Å². The minimum atomic E-state index is -3.57. The number of rotatable bonds is 2. The molecule has 0 saturated carbocycles. The average Bonchev–Trinajstić information content (AvgIpc) is 2.26. The first-order chi connectivity index (χ1) is 7.54. The van der Waals surface area contributed by atoms with Crippen LogP contribution in [-0.2, 0) is 16.4 Å². The van der Waals surface area contributed by atoms with Gasteiger partial charge in [-0.05, 0) is 36.5 Å². The number of nitrogens with one attached hydrogen (secondary N) is 1. The summed E-state index contributed by atoms with van der Waals surface area (Å²) < 4.78 is 23.1. The van der Waals surface area contributed by atoms with Gasteiger partial charge < -0.3 is 5.43 Å². The predicted molar refractivity (Wildman–Crippen MR) is 63.0 cm³/mol. The molecule has 1 aliphatic carbocycles. The molecular formula is C10H15N3O2S. The molecule has 2 rings (SSSR count). The average molecular weight is 241 g/mol. The van der Waals surface area contributed by atoms with Gasteiger partial charge in [0.1, 0.15) is 5.25 Å². The molecule has 0 amide bonds. The molecule has 1 aromatic carbocycles. The minimum Gasteiger partial charge on any atom is -0.324 e. The Morgan fingerprint density at radius 3 is 2.75 bits per heavy atom. The Labute approximate surface area is 94.8 Å². The molecule has 88 valence electrons. The SMILES string of the molecule is NNc1cccc2c1C(S(N)(=O)=O)CCC2. The van der Waals surface area contributed by atoms with Gasteiger partial charge in [0, 0.05) is 0 Å². The van der Waals surface area contributed by atoms with Crippen LogP contribution in [0.5, 0.6) is 0 Å². The summed E-state index contributed by atoms with van der Waals surface area (Å²) >= 11 is 0. The fraction of sp³-hybridized carbons (Fsp3) is 0.400. The molecule has 0 aliphatic heterocycles. The highest BCUT2D eigenvalue weighted by molar-refractivity contribution is 7.89. The van der Waals surface area contributed by atoms with Crippen LogP contribution in [0.25, 0.3) is 0 Å². The van der Waals surface area contributed by atoms with Gasteiger partial charge in [0.15, 0.2) is 0 Å². The summed E-state index contributed by atoms with van der Waals surface area (Å²) in [6.45, 7) is 0. The van der Waals surface area contributed by atoms with Crippen molar-refractivity contribution >= 4 is 15.7 Å². The maximum absolute atomic E-state index is 11.5. The van der Waals surface area contributed by atoms with Crippen LogP contribution < -0.4 is 16.4 Å². The molecule has 6 heteroatoms. The zero-order valence-electron chi connectivity index (χ0n) is 8.81. The number of hydrazine groups is 1. The monoisotopic (exact) mass is 241 g/mol. The number of nitrogens with two attached hydrogens (primary N) is 2. The van der Waals surface area contributed by atoms with Crippen molar-refractivity contribution in [1.29, 1.82) is 0 Å². The molecule has 0 radical (unpaired) electrons. The molecule has 0 fully saturated rings. The van der Waals surface area contributed by atoms with E-state index in [1.165, 1.54) is 0 Å². The van der Waals surface area contributed by atoms with Crippen LogP contribution >= 0.6 is 0 Å². The summed E-state index contributed by atoms with van der Waals surface area (Å²) in [5, 5.41) is 4.62. The van der Waals surface area contributed by atoms with E-state index in [2.05, 4.69) is 5.43 Å². The van der Waals surface area contributed by atoms with Crippen LogP contribution in [0.3, 0.4) is 0 Å². The fourth-order valence-corrected chi connectivity index (χ4v) is 3.39. The van der Waals surface area contributed by atoms with Crippen LogP contribution in [-0.4, -0.2) is 8.42 Å². The smallest absolute Gasteiger partial charge is 0.216 e. The van der Waals surface area contributed by atoms with Crippen LogP contribution in [0.1, 0.15) is 29.2 Å². The number of aryl methyl sites for hydroxylation is 1. The van der Waals surface area contributed by atoms with E-state index < -0.39 is 15.3 Å². The van der Waals surface area contributed by atoms with Crippen molar-refractivity contribution in [1.82, 2.24) is 0 Å². The Hall–Kier alpha value is -1.11. The lowest BCUT2D eigenvalue weighted by molar-refractivity contribution is 0.562. The van der Waals surface area contributed by atoms with E-state index in [0.29, 0.717) is 12.1 Å². The molecule has 0 bridgehead atoms. The summed E-state index contributed by atoms with van der Waals surface area (Å²) in [4.78, 5) is 0. The molecule has 0 heterocycles. The molecule has 5 nitrogen and oxygen atoms in total. The molecule has 1 atom stereocenters. The lowest BCUT2D eigenvalue weighted by atomic mass is 9.90. The summed E-state index contributed by atoms with van der Waals surface area (Å²) in [6.07, 6.45) is 2.27. The van der Waals surface area contributed by atoms with E-state index in [1.54, 1.807) is 6.07 Å². The first-order valence-corrected chi connectivity index (χ1v) is 6.75. The lowest BCUT2D eigenvalue weighted by Gasteiger charge is -2.26. The fourth-order valence-electron chi connectivity index (χ4n) is 2.29. The van der Waals surface area contributed by atoms with E-state index in [4.69, 9.17) is 11.0 Å². The Balaban J connectivity index is 2.60. The van der Waals surface area contributed by atoms with E-state index in [1.807, 2.05) is 12.1 Å². The summed E-state index contributed by atoms with van der Waals surface area (Å²) in [7, 11) is -3.57. The Kier molecular flexibility index (Phi) is 2.88. The zero-order chi connectivity index (χ0) is 11.8. The number of fused-ring (bicyclic) bond motifs is 1. The van der Waals surface area contributed by atoms with Crippen molar-refractivity contribution in [2.24, 2.45) is 11.0 Å². The number of hydrogen-bond acceptors (Lipinski definition) is 4. The Morgan fingerprint density at radius 1 is 1.38 bits per heavy atom. The summed E-state index contributed by atoms with van der Waals surface area (Å²) in [5.74, 6) is 5.39. The van der Waals surface area contributed by atoms with Gasteiger partial charge in [-0.15, -0.1) is 0 Å². The van der Waals surface area contributed by atoms with Crippen molar-refractivity contribution < 1.29 is 8.42 Å². The molecule has 1 unspecified atom stereocenters. The van der Waals surface area contributed by atoms with Crippen LogP contribution in [0.15, 0.2) is 18.2 Å². The maximum Gasteiger partial charge on any atom is 0.216 e. The third-order valence-electron chi connectivity index (χ3n) is 2.98. The van der Waals surface area contributed by atoms with Crippen molar-refractivity contribution in [3.05, 3.63) is 29.3 Å². The molecule has 0 saturated heterocycles. The van der Waals surface area contributed by atoms with E-state index in [9.17, 15) is 8.42 Å². The van der Waals surface area contributed by atoms with E-state index >= 15 is 0 Å². The standard InChI is InChI=1S/C10H15N3O2S/c11-13-8-5-1-3-7-4-2-6-9(10(7)8)16(12,14)15/h1,3,5,9,13H,2,4,6,11H2,(H2,12,14,15). The van der Waals surface area contributed by atoms with E-state index in [-0.39, 0.29) is 0 Å². The number of anilines is 1. The summed E-state index contributed by atoms with van der Waals surface area (Å²) in [5.41, 5.74) is 4.94. The van der Waals surface area contributed by atoms with Gasteiger partial charge in [-0.3, -0.25) is 5.84 Å². The highest BCUT2D eigenvalue weighted by atomic mass is 32.2. The normalized spacial score (nSPS) is 20.2. The predicted octanol–water partition coefficient (Wildman–Crippen LogP) is 0.638. The second kappa shape index (κ2) is 4.04. The summed E-state index contributed by atoms with van der Waals surface area (Å²) in [6, 6.07) is 5.55. The number of hydrogen-bond donors (Lipinski definition) is 3. The topological polar surface area (TPSA) is 98.2 Å². The molecule has 0 aromatic heterocycles. The third-order valence-corrected chi connectivity index (χ3v) is 4.25. The Morgan fingerprint density at radius 2 is 2.12 bits per heavy atom. The highest BCUT2D eigenvalue weighted by Crippen LogP contribution is 2.38. The lowest BCUT2D eigenvalue weighted by Crippen LogP contribution is -2.27. The first kappa shape index (κ1) is 11.4. The first-order valence-electron chi connectivity index (χ1n) is 5.14. The maximum atomic E-state index is 11.5. The Bertz CT molecular complexity index is 485. The number of sulfonamides is 1. The van der Waals surface area contributed by atoms with Crippen LogP contribution in [0.4, 0.5) is 5.69 Å². The third kappa shape index (κ3) is 1.91. The molecule has 5 N–H and O–H groups in total. The number of primary sulfonamides is 1. The molecule has 1 aliphatic rings. The zero-order valence-corrected chi connectivity index (χ0v) is 9.63. The van der Waals surface area contributed by atoms with Gasteiger partial charge in [-0.1, -0.05) is 12.1 Å². The van der Waals surface area contributed by atoms with Crippen molar-refractivity contribution in [3.8, 4) is 0 Å².